The molecule has 0 saturated heterocycles. The highest BCUT2D eigenvalue weighted by atomic mass is 32.2. The van der Waals surface area contributed by atoms with Crippen LogP contribution in [0.1, 0.15) is 21.2 Å². The van der Waals surface area contributed by atoms with Crippen molar-refractivity contribution in [3.63, 3.8) is 0 Å². The van der Waals surface area contributed by atoms with Gasteiger partial charge in [-0.05, 0) is 36.4 Å². The van der Waals surface area contributed by atoms with Crippen molar-refractivity contribution >= 4 is 25.6 Å². The Balaban J connectivity index is 1.56. The summed E-state index contributed by atoms with van der Waals surface area (Å²) in [6.07, 6.45) is 2.99. The molecule has 1 aliphatic heterocycles. The third-order valence-electron chi connectivity index (χ3n) is 5.07. The van der Waals surface area contributed by atoms with Gasteiger partial charge in [-0.1, -0.05) is 24.3 Å². The van der Waals surface area contributed by atoms with Gasteiger partial charge in [-0.2, -0.15) is 0 Å². The molecule has 1 aliphatic rings. The Hall–Kier alpha value is -3.24. The number of nitrogens with one attached hydrogen (secondary N) is 1. The topological polar surface area (TPSA) is 119 Å². The fourth-order valence-electron chi connectivity index (χ4n) is 3.55. The zero-order valence-corrected chi connectivity index (χ0v) is 18.5. The number of carbonyl (C=O) groups is 1. The molecule has 0 aliphatic carbocycles. The highest BCUT2D eigenvalue weighted by molar-refractivity contribution is 7.96. The minimum atomic E-state index is -3.96. The molecule has 1 atom stereocenters. The van der Waals surface area contributed by atoms with Crippen molar-refractivity contribution in [1.29, 1.82) is 0 Å². The van der Waals surface area contributed by atoms with Gasteiger partial charge in [-0.3, -0.25) is 9.78 Å². The number of sulfone groups is 2. The van der Waals surface area contributed by atoms with E-state index in [-0.39, 0.29) is 40.2 Å². The third kappa shape index (κ3) is 4.23. The van der Waals surface area contributed by atoms with Crippen LogP contribution >= 0.6 is 0 Å². The Morgan fingerprint density at radius 3 is 2.56 bits per heavy atom. The van der Waals surface area contributed by atoms with Gasteiger partial charge in [0.05, 0.1) is 27.7 Å². The average Bonchev–Trinajstić information content (AvgIpc) is 3.10. The van der Waals surface area contributed by atoms with E-state index in [2.05, 4.69) is 10.3 Å². The lowest BCUT2D eigenvalue weighted by atomic mass is 10.1. The van der Waals surface area contributed by atoms with Gasteiger partial charge in [0.1, 0.15) is 17.6 Å². The van der Waals surface area contributed by atoms with Crippen LogP contribution in [0.15, 0.2) is 82.8 Å². The van der Waals surface area contributed by atoms with Crippen molar-refractivity contribution in [2.45, 2.75) is 15.0 Å². The van der Waals surface area contributed by atoms with E-state index in [4.69, 9.17) is 4.74 Å². The summed E-state index contributed by atoms with van der Waals surface area (Å²) in [4.78, 5) is 16.0. The Kier molecular flexibility index (Phi) is 5.98. The van der Waals surface area contributed by atoms with Gasteiger partial charge in [0, 0.05) is 18.0 Å². The quantitative estimate of drug-likeness (QED) is 0.524. The first-order valence-corrected chi connectivity index (χ1v) is 13.0. The maximum absolute atomic E-state index is 13.2. The third-order valence-corrected chi connectivity index (χ3v) is 9.16. The number of aromatic nitrogens is 1. The van der Waals surface area contributed by atoms with Gasteiger partial charge in [-0.15, -0.1) is 0 Å². The molecule has 1 unspecified atom stereocenters. The van der Waals surface area contributed by atoms with Gasteiger partial charge in [0.25, 0.3) is 5.91 Å². The summed E-state index contributed by atoms with van der Waals surface area (Å²) in [6.45, 7) is 0.168. The molecule has 166 valence electrons. The minimum absolute atomic E-state index is 0.0284. The number of hydrogen-bond donors (Lipinski definition) is 1. The van der Waals surface area contributed by atoms with E-state index in [0.717, 1.165) is 0 Å². The first-order valence-electron chi connectivity index (χ1n) is 9.76. The molecular formula is C22H20N2O6S2. The van der Waals surface area contributed by atoms with E-state index in [9.17, 15) is 21.6 Å². The van der Waals surface area contributed by atoms with Crippen LogP contribution in [0.5, 0.6) is 5.75 Å². The number of amides is 1. The molecule has 2 heterocycles. The minimum Gasteiger partial charge on any atom is -0.491 e. The molecule has 3 aromatic rings. The second-order valence-electron chi connectivity index (χ2n) is 7.14. The summed E-state index contributed by atoms with van der Waals surface area (Å²) < 4.78 is 57.6. The SMILES string of the molecule is O=C(NCCOc1cccc2c1C(S(=O)(=O)c1ccccc1)CS2(=O)=O)c1cccnc1. The molecule has 10 heteroatoms. The Labute approximate surface area is 186 Å². The van der Waals surface area contributed by atoms with Crippen molar-refractivity contribution in [2.75, 3.05) is 18.9 Å². The van der Waals surface area contributed by atoms with Crippen LogP contribution in [-0.2, 0) is 19.7 Å². The molecule has 32 heavy (non-hydrogen) atoms. The van der Waals surface area contributed by atoms with E-state index in [1.54, 1.807) is 36.5 Å². The predicted molar refractivity (Wildman–Crippen MR) is 117 cm³/mol. The van der Waals surface area contributed by atoms with Crippen molar-refractivity contribution in [1.82, 2.24) is 10.3 Å². The molecule has 1 N–H and O–H groups in total. The number of ether oxygens (including phenoxy) is 1. The zero-order chi connectivity index (χ0) is 22.8. The van der Waals surface area contributed by atoms with Crippen molar-refractivity contribution in [2.24, 2.45) is 0 Å². The van der Waals surface area contributed by atoms with Crippen molar-refractivity contribution in [3.05, 3.63) is 84.2 Å². The van der Waals surface area contributed by atoms with Crippen LogP contribution in [0.4, 0.5) is 0 Å². The molecule has 8 nitrogen and oxygen atoms in total. The fraction of sp³-hybridized carbons (Fsp3) is 0.182. The molecule has 1 amide bonds. The number of fused-ring (bicyclic) bond motifs is 1. The number of rotatable bonds is 7. The van der Waals surface area contributed by atoms with Crippen LogP contribution in [0.2, 0.25) is 0 Å². The molecule has 0 spiro atoms. The van der Waals surface area contributed by atoms with E-state index in [1.165, 1.54) is 36.5 Å². The summed E-state index contributed by atoms with van der Waals surface area (Å²) in [5, 5.41) is 1.41. The molecule has 0 fully saturated rings. The highest BCUT2D eigenvalue weighted by Gasteiger charge is 2.45. The van der Waals surface area contributed by atoms with Gasteiger partial charge in [-0.25, -0.2) is 16.8 Å². The Morgan fingerprint density at radius 2 is 1.84 bits per heavy atom. The predicted octanol–water partition coefficient (Wildman–Crippen LogP) is 2.19. The molecule has 1 aromatic heterocycles. The Morgan fingerprint density at radius 1 is 1.06 bits per heavy atom. The first kappa shape index (κ1) is 22.0. The first-order chi connectivity index (χ1) is 15.3. The lowest BCUT2D eigenvalue weighted by molar-refractivity contribution is 0.0946. The lowest BCUT2D eigenvalue weighted by Crippen LogP contribution is -2.28. The summed E-state index contributed by atoms with van der Waals surface area (Å²) in [6, 6.07) is 15.5. The molecule has 4 rings (SSSR count). The van der Waals surface area contributed by atoms with E-state index in [0.29, 0.717) is 5.56 Å². The highest BCUT2D eigenvalue weighted by Crippen LogP contribution is 2.45. The maximum Gasteiger partial charge on any atom is 0.252 e. The second-order valence-corrected chi connectivity index (χ2v) is 11.3. The molecule has 0 radical (unpaired) electrons. The monoisotopic (exact) mass is 472 g/mol. The maximum atomic E-state index is 13.2. The number of benzene rings is 2. The summed E-state index contributed by atoms with van der Waals surface area (Å²) >= 11 is 0. The van der Waals surface area contributed by atoms with Crippen LogP contribution in [0.3, 0.4) is 0 Å². The fourth-order valence-corrected chi connectivity index (χ4v) is 7.91. The van der Waals surface area contributed by atoms with Crippen molar-refractivity contribution < 1.29 is 26.4 Å². The average molecular weight is 473 g/mol. The number of carbonyl (C=O) groups excluding carboxylic acids is 1. The molecule has 2 aromatic carbocycles. The number of nitrogens with zero attached hydrogens (tertiary/aromatic N) is 1. The summed E-state index contributed by atoms with van der Waals surface area (Å²) in [7, 11) is -7.75. The number of pyridine rings is 1. The standard InChI is InChI=1S/C22H20N2O6S2/c25-22(16-6-5-11-23-14-16)24-12-13-30-18-9-4-10-19-21(18)20(15-31(19,26)27)32(28,29)17-7-2-1-3-8-17/h1-11,14,20H,12-13,15H2,(H,24,25). The summed E-state index contributed by atoms with van der Waals surface area (Å²) in [5.41, 5.74) is 0.531. The largest absolute Gasteiger partial charge is 0.491 e. The molecule has 0 bridgehead atoms. The normalized spacial score (nSPS) is 16.8. The molecule has 0 saturated carbocycles. The zero-order valence-electron chi connectivity index (χ0n) is 16.8. The lowest BCUT2D eigenvalue weighted by Gasteiger charge is -2.16. The van der Waals surface area contributed by atoms with E-state index >= 15 is 0 Å². The van der Waals surface area contributed by atoms with Crippen LogP contribution in [0, 0.1) is 0 Å². The van der Waals surface area contributed by atoms with Crippen LogP contribution < -0.4 is 10.1 Å². The van der Waals surface area contributed by atoms with Crippen LogP contribution in [0.25, 0.3) is 0 Å². The van der Waals surface area contributed by atoms with Gasteiger partial charge in [0.2, 0.25) is 0 Å². The van der Waals surface area contributed by atoms with Crippen molar-refractivity contribution in [3.8, 4) is 5.75 Å². The Bertz CT molecular complexity index is 1340. The van der Waals surface area contributed by atoms with E-state index in [1.807, 2.05) is 0 Å². The van der Waals surface area contributed by atoms with Crippen LogP contribution in [-0.4, -0.2) is 46.6 Å². The van der Waals surface area contributed by atoms with E-state index < -0.39 is 30.7 Å². The smallest absolute Gasteiger partial charge is 0.252 e. The van der Waals surface area contributed by atoms with Gasteiger partial charge in [0.15, 0.2) is 19.7 Å². The second kappa shape index (κ2) is 8.71. The van der Waals surface area contributed by atoms with Gasteiger partial charge < -0.3 is 10.1 Å². The molecular weight excluding hydrogens is 452 g/mol. The summed E-state index contributed by atoms with van der Waals surface area (Å²) in [5.74, 6) is -0.701. The van der Waals surface area contributed by atoms with Gasteiger partial charge >= 0.3 is 0 Å². The number of hydrogen-bond acceptors (Lipinski definition) is 7.